The lowest BCUT2D eigenvalue weighted by Gasteiger charge is -2.35. The van der Waals surface area contributed by atoms with Crippen molar-refractivity contribution in [3.8, 4) is 5.75 Å². The van der Waals surface area contributed by atoms with Gasteiger partial charge in [-0.05, 0) is 37.3 Å². The van der Waals surface area contributed by atoms with Crippen LogP contribution in [0.15, 0.2) is 12.1 Å². The molecule has 0 amide bonds. The van der Waals surface area contributed by atoms with Crippen molar-refractivity contribution in [2.24, 2.45) is 0 Å². The molecule has 0 unspecified atom stereocenters. The lowest BCUT2D eigenvalue weighted by Crippen LogP contribution is -2.39. The lowest BCUT2D eigenvalue weighted by molar-refractivity contribution is -0.0220. The summed E-state index contributed by atoms with van der Waals surface area (Å²) in [5.41, 5.74) is 1.97. The van der Waals surface area contributed by atoms with Crippen LogP contribution >= 0.6 is 0 Å². The Morgan fingerprint density at radius 1 is 1.35 bits per heavy atom. The Bertz CT molecular complexity index is 604. The van der Waals surface area contributed by atoms with Gasteiger partial charge in [-0.3, -0.25) is 0 Å². The van der Waals surface area contributed by atoms with Gasteiger partial charge in [0.05, 0.1) is 6.61 Å². The van der Waals surface area contributed by atoms with Gasteiger partial charge in [-0.25, -0.2) is 13.6 Å². The summed E-state index contributed by atoms with van der Waals surface area (Å²) in [5, 5.41) is 9.40. The van der Waals surface area contributed by atoms with Crippen LogP contribution in [0.1, 0.15) is 54.4 Å². The van der Waals surface area contributed by atoms with Crippen LogP contribution in [0.3, 0.4) is 0 Å². The van der Waals surface area contributed by atoms with Gasteiger partial charge in [-0.1, -0.05) is 0 Å². The van der Waals surface area contributed by atoms with E-state index in [2.05, 4.69) is 0 Å². The molecule has 1 saturated heterocycles. The fraction of sp³-hybridized carbons (Fsp3) is 0.588. The zero-order valence-corrected chi connectivity index (χ0v) is 13.1. The Morgan fingerprint density at radius 2 is 2.00 bits per heavy atom. The summed E-state index contributed by atoms with van der Waals surface area (Å²) in [6.45, 7) is 2.72. The second-order valence-corrected chi connectivity index (χ2v) is 6.26. The third-order valence-electron chi connectivity index (χ3n) is 4.51. The summed E-state index contributed by atoms with van der Waals surface area (Å²) in [6.07, 6.45) is 1.71. The number of hydrogen-bond acceptors (Lipinski definition) is 3. The van der Waals surface area contributed by atoms with E-state index in [-0.39, 0.29) is 31.5 Å². The molecule has 1 saturated carbocycles. The van der Waals surface area contributed by atoms with Gasteiger partial charge in [0.1, 0.15) is 11.3 Å². The van der Waals surface area contributed by atoms with Crippen molar-refractivity contribution in [1.82, 2.24) is 0 Å². The van der Waals surface area contributed by atoms with Crippen molar-refractivity contribution in [2.75, 3.05) is 24.6 Å². The highest BCUT2D eigenvalue weighted by molar-refractivity contribution is 5.92. The quantitative estimate of drug-likeness (QED) is 0.892. The van der Waals surface area contributed by atoms with E-state index in [0.29, 0.717) is 18.3 Å². The van der Waals surface area contributed by atoms with Gasteiger partial charge >= 0.3 is 5.97 Å². The Hall–Kier alpha value is -1.85. The molecule has 4 nitrogen and oxygen atoms in total. The summed E-state index contributed by atoms with van der Waals surface area (Å²) >= 11 is 0. The molecule has 1 aliphatic carbocycles. The van der Waals surface area contributed by atoms with E-state index in [9.17, 15) is 18.7 Å². The summed E-state index contributed by atoms with van der Waals surface area (Å²) in [7, 11) is 0. The van der Waals surface area contributed by atoms with Gasteiger partial charge in [-0.2, -0.15) is 0 Å². The number of carboxylic acids is 1. The van der Waals surface area contributed by atoms with E-state index in [1.54, 1.807) is 19.1 Å². The Morgan fingerprint density at radius 3 is 2.52 bits per heavy atom. The van der Waals surface area contributed by atoms with Crippen molar-refractivity contribution in [3.63, 3.8) is 0 Å². The average Bonchev–Trinajstić information content (AvgIpc) is 3.31. The van der Waals surface area contributed by atoms with E-state index in [1.807, 2.05) is 4.90 Å². The molecule has 1 aromatic rings. The third-order valence-corrected chi connectivity index (χ3v) is 4.51. The molecule has 1 aliphatic heterocycles. The van der Waals surface area contributed by atoms with Gasteiger partial charge < -0.3 is 14.7 Å². The average molecular weight is 325 g/mol. The molecule has 0 radical (unpaired) electrons. The van der Waals surface area contributed by atoms with E-state index in [0.717, 1.165) is 24.1 Å². The first-order valence-corrected chi connectivity index (χ1v) is 8.08. The number of rotatable bonds is 5. The summed E-state index contributed by atoms with van der Waals surface area (Å²) in [5.74, 6) is -2.97. The number of anilines is 1. The molecule has 1 N–H and O–H groups in total. The number of halogens is 2. The van der Waals surface area contributed by atoms with E-state index >= 15 is 0 Å². The first-order valence-electron chi connectivity index (χ1n) is 8.08. The predicted octanol–water partition coefficient (Wildman–Crippen LogP) is 3.90. The topological polar surface area (TPSA) is 49.8 Å². The van der Waals surface area contributed by atoms with Gasteiger partial charge in [0.2, 0.25) is 0 Å². The second-order valence-electron chi connectivity index (χ2n) is 6.26. The minimum absolute atomic E-state index is 0.153. The second kappa shape index (κ2) is 5.98. The van der Waals surface area contributed by atoms with Crippen molar-refractivity contribution >= 4 is 11.7 Å². The van der Waals surface area contributed by atoms with Gasteiger partial charge in [0.25, 0.3) is 5.92 Å². The Balaban J connectivity index is 1.97. The molecule has 2 aliphatic rings. The summed E-state index contributed by atoms with van der Waals surface area (Å²) in [4.78, 5) is 13.4. The zero-order valence-electron chi connectivity index (χ0n) is 13.1. The van der Waals surface area contributed by atoms with Crippen LogP contribution in [0.25, 0.3) is 0 Å². The SMILES string of the molecule is CCOc1cc(N2CCC(F)(F)CC2)c(C2CC2)cc1C(=O)O. The number of aromatic carboxylic acids is 1. The summed E-state index contributed by atoms with van der Waals surface area (Å²) < 4.78 is 32.3. The minimum atomic E-state index is -2.60. The fourth-order valence-electron chi connectivity index (χ4n) is 3.10. The molecule has 0 spiro atoms. The predicted molar refractivity (Wildman–Crippen MR) is 82.9 cm³/mol. The smallest absolute Gasteiger partial charge is 0.339 e. The fourth-order valence-corrected chi connectivity index (χ4v) is 3.10. The van der Waals surface area contributed by atoms with Gasteiger partial charge in [-0.15, -0.1) is 0 Å². The van der Waals surface area contributed by atoms with Gasteiger partial charge in [0.15, 0.2) is 0 Å². The first-order chi connectivity index (χ1) is 10.9. The van der Waals surface area contributed by atoms with Crippen molar-refractivity contribution in [2.45, 2.75) is 44.4 Å². The monoisotopic (exact) mass is 325 g/mol. The summed E-state index contributed by atoms with van der Waals surface area (Å²) in [6, 6.07) is 3.40. The van der Waals surface area contributed by atoms with Crippen molar-refractivity contribution in [1.29, 1.82) is 0 Å². The number of hydrogen-bond donors (Lipinski definition) is 1. The molecule has 3 rings (SSSR count). The van der Waals surface area contributed by atoms with E-state index in [4.69, 9.17) is 4.74 Å². The van der Waals surface area contributed by atoms with Crippen LogP contribution in [0.5, 0.6) is 5.75 Å². The van der Waals surface area contributed by atoms with Crippen molar-refractivity contribution in [3.05, 3.63) is 23.3 Å². The number of alkyl halides is 2. The molecular formula is C17H21F2NO3. The molecule has 126 valence electrons. The number of carbonyl (C=O) groups is 1. The standard InChI is InChI=1S/C17H21F2NO3/c1-2-23-15-10-14(20-7-5-17(18,19)6-8-20)12(11-3-4-11)9-13(15)16(21)22/h9-11H,2-8H2,1H3,(H,21,22). The normalized spacial score (nSPS) is 20.4. The van der Waals surface area contributed by atoms with Crippen LogP contribution in [0.4, 0.5) is 14.5 Å². The highest BCUT2D eigenvalue weighted by Gasteiger charge is 2.36. The van der Waals surface area contributed by atoms with Gasteiger partial charge in [0, 0.05) is 37.7 Å². The number of nitrogens with zero attached hydrogens (tertiary/aromatic N) is 1. The molecule has 6 heteroatoms. The lowest BCUT2D eigenvalue weighted by atomic mass is 9.99. The molecule has 2 fully saturated rings. The highest BCUT2D eigenvalue weighted by atomic mass is 19.3. The highest BCUT2D eigenvalue weighted by Crippen LogP contribution is 2.47. The zero-order chi connectivity index (χ0) is 16.6. The van der Waals surface area contributed by atoms with E-state index < -0.39 is 11.9 Å². The third kappa shape index (κ3) is 3.41. The number of carboxylic acid groups (broad SMARTS) is 1. The maximum Gasteiger partial charge on any atom is 0.339 e. The van der Waals surface area contributed by atoms with Crippen LogP contribution in [-0.4, -0.2) is 36.7 Å². The Kier molecular flexibility index (Phi) is 4.17. The number of ether oxygens (including phenoxy) is 1. The maximum atomic E-state index is 13.4. The molecule has 1 aromatic carbocycles. The molecule has 0 atom stereocenters. The van der Waals surface area contributed by atoms with Crippen LogP contribution < -0.4 is 9.64 Å². The molecular weight excluding hydrogens is 304 g/mol. The maximum absolute atomic E-state index is 13.4. The van der Waals surface area contributed by atoms with E-state index in [1.165, 1.54) is 0 Å². The van der Waals surface area contributed by atoms with Crippen LogP contribution in [0.2, 0.25) is 0 Å². The number of benzene rings is 1. The number of piperidine rings is 1. The molecule has 0 bridgehead atoms. The van der Waals surface area contributed by atoms with Crippen LogP contribution in [-0.2, 0) is 0 Å². The minimum Gasteiger partial charge on any atom is -0.493 e. The molecule has 1 heterocycles. The first kappa shape index (κ1) is 16.0. The Labute approximate surface area is 134 Å². The largest absolute Gasteiger partial charge is 0.493 e. The molecule has 0 aromatic heterocycles. The van der Waals surface area contributed by atoms with Crippen LogP contribution in [0, 0.1) is 0 Å². The molecule has 23 heavy (non-hydrogen) atoms. The van der Waals surface area contributed by atoms with Crippen molar-refractivity contribution < 1.29 is 23.4 Å².